The van der Waals surface area contributed by atoms with Gasteiger partial charge in [0.15, 0.2) is 6.61 Å². The highest BCUT2D eigenvalue weighted by Gasteiger charge is 2.25. The van der Waals surface area contributed by atoms with Crippen LogP contribution in [0.1, 0.15) is 33.8 Å². The van der Waals surface area contributed by atoms with E-state index in [1.807, 2.05) is 24.3 Å². The lowest BCUT2D eigenvalue weighted by atomic mass is 10.0. The number of fused-ring (bicyclic) bond motifs is 2. The quantitative estimate of drug-likeness (QED) is 0.651. The lowest BCUT2D eigenvalue weighted by molar-refractivity contribution is -0.133. The molecule has 1 aliphatic carbocycles. The Hall–Kier alpha value is -3.15. The zero-order valence-electron chi connectivity index (χ0n) is 15.1. The van der Waals surface area contributed by atoms with Crippen LogP contribution in [-0.2, 0) is 28.9 Å². The van der Waals surface area contributed by atoms with Crippen LogP contribution in [0.25, 0.3) is 10.9 Å². The van der Waals surface area contributed by atoms with Crippen LogP contribution in [0.15, 0.2) is 47.1 Å². The highest BCUT2D eigenvalue weighted by atomic mass is 16.5. The first-order valence-corrected chi connectivity index (χ1v) is 8.97. The van der Waals surface area contributed by atoms with Gasteiger partial charge in [-0.05, 0) is 43.0 Å². The number of nitrogens with zero attached hydrogens (tertiary/aromatic N) is 2. The third kappa shape index (κ3) is 3.43. The van der Waals surface area contributed by atoms with Crippen molar-refractivity contribution in [2.45, 2.75) is 25.8 Å². The Balaban J connectivity index is 1.51. The lowest BCUT2D eigenvalue weighted by Crippen LogP contribution is -2.30. The number of esters is 1. The molecule has 0 spiro atoms. The van der Waals surface area contributed by atoms with Gasteiger partial charge in [0.1, 0.15) is 5.76 Å². The van der Waals surface area contributed by atoms with E-state index in [1.165, 1.54) is 4.90 Å². The smallest absolute Gasteiger partial charge is 0.339 e. The summed E-state index contributed by atoms with van der Waals surface area (Å²) in [6, 6.07) is 11.1. The van der Waals surface area contributed by atoms with E-state index in [1.54, 1.807) is 25.4 Å². The zero-order valence-corrected chi connectivity index (χ0v) is 15.1. The van der Waals surface area contributed by atoms with E-state index in [0.717, 1.165) is 41.4 Å². The van der Waals surface area contributed by atoms with Crippen molar-refractivity contribution in [1.29, 1.82) is 0 Å². The highest BCUT2D eigenvalue weighted by molar-refractivity contribution is 6.05. The largest absolute Gasteiger partial charge is 0.467 e. The van der Waals surface area contributed by atoms with Crippen LogP contribution < -0.4 is 0 Å². The van der Waals surface area contributed by atoms with E-state index in [2.05, 4.69) is 4.98 Å². The number of likely N-dealkylation sites (N-methyl/N-ethyl adjacent to an activating group) is 1. The third-order valence-corrected chi connectivity index (χ3v) is 4.85. The summed E-state index contributed by atoms with van der Waals surface area (Å²) in [5.74, 6) is -0.0728. The summed E-state index contributed by atoms with van der Waals surface area (Å²) in [6.45, 7) is 0.0262. The molecule has 2 aromatic heterocycles. The second-order valence-electron chi connectivity index (χ2n) is 6.69. The lowest BCUT2D eigenvalue weighted by Gasteiger charge is -2.16. The minimum Gasteiger partial charge on any atom is -0.467 e. The molecule has 0 radical (unpaired) electrons. The number of rotatable bonds is 5. The standard InChI is InChI=1S/C21H20N2O4/c1-23(12-14-6-5-11-26-14)19(24)13-27-21(25)20-15-7-2-3-9-17(15)22-18-10-4-8-16(18)20/h2-3,5-7,9,11H,4,8,10,12-13H2,1H3. The van der Waals surface area contributed by atoms with Crippen LogP contribution in [-0.4, -0.2) is 35.4 Å². The molecule has 138 valence electrons. The van der Waals surface area contributed by atoms with Crippen molar-refractivity contribution in [2.24, 2.45) is 0 Å². The van der Waals surface area contributed by atoms with Gasteiger partial charge in [0.05, 0.1) is 23.9 Å². The van der Waals surface area contributed by atoms with Gasteiger partial charge in [0, 0.05) is 18.1 Å². The number of benzene rings is 1. The van der Waals surface area contributed by atoms with Gasteiger partial charge in [-0.1, -0.05) is 18.2 Å². The fraction of sp³-hybridized carbons (Fsp3) is 0.286. The van der Waals surface area contributed by atoms with Crippen LogP contribution in [0.5, 0.6) is 0 Å². The Bertz CT molecular complexity index is 995. The maximum absolute atomic E-state index is 12.8. The highest BCUT2D eigenvalue weighted by Crippen LogP contribution is 2.30. The Morgan fingerprint density at radius 1 is 1.19 bits per heavy atom. The van der Waals surface area contributed by atoms with E-state index in [-0.39, 0.29) is 12.5 Å². The minimum atomic E-state index is -0.466. The summed E-state index contributed by atoms with van der Waals surface area (Å²) in [6.07, 6.45) is 4.21. The fourth-order valence-corrected chi connectivity index (χ4v) is 3.48. The molecule has 0 aliphatic heterocycles. The SMILES string of the molecule is CN(Cc1ccco1)C(=O)COC(=O)c1c2c(nc3ccccc13)CCC2. The molecular weight excluding hydrogens is 344 g/mol. The number of aryl methyl sites for hydroxylation is 1. The van der Waals surface area contributed by atoms with Crippen LogP contribution in [0, 0.1) is 0 Å². The number of pyridine rings is 1. The molecule has 6 heteroatoms. The maximum atomic E-state index is 12.8. The van der Waals surface area contributed by atoms with Crippen molar-refractivity contribution >= 4 is 22.8 Å². The minimum absolute atomic E-state index is 0.283. The second-order valence-corrected chi connectivity index (χ2v) is 6.69. The number of furan rings is 1. The van der Waals surface area contributed by atoms with Gasteiger partial charge in [0.2, 0.25) is 0 Å². The average Bonchev–Trinajstić information content (AvgIpc) is 3.35. The molecule has 3 aromatic rings. The number of para-hydroxylation sites is 1. The van der Waals surface area contributed by atoms with Crippen LogP contribution >= 0.6 is 0 Å². The molecule has 0 saturated heterocycles. The van der Waals surface area contributed by atoms with Gasteiger partial charge in [-0.2, -0.15) is 0 Å². The Morgan fingerprint density at radius 2 is 2.04 bits per heavy atom. The summed E-state index contributed by atoms with van der Waals surface area (Å²) < 4.78 is 10.6. The number of carbonyl (C=O) groups is 2. The van der Waals surface area contributed by atoms with Gasteiger partial charge in [0.25, 0.3) is 5.91 Å². The molecule has 0 atom stereocenters. The molecule has 0 unspecified atom stereocenters. The summed E-state index contributed by atoms with van der Waals surface area (Å²) in [7, 11) is 1.65. The number of amides is 1. The van der Waals surface area contributed by atoms with E-state index >= 15 is 0 Å². The van der Waals surface area contributed by atoms with E-state index < -0.39 is 5.97 Å². The molecule has 4 rings (SSSR count). The van der Waals surface area contributed by atoms with Gasteiger partial charge < -0.3 is 14.1 Å². The van der Waals surface area contributed by atoms with Crippen molar-refractivity contribution in [3.8, 4) is 0 Å². The predicted octanol–water partition coefficient (Wildman–Crippen LogP) is 3.13. The Morgan fingerprint density at radius 3 is 2.85 bits per heavy atom. The monoisotopic (exact) mass is 364 g/mol. The second kappa shape index (κ2) is 7.23. The molecule has 1 aromatic carbocycles. The summed E-state index contributed by atoms with van der Waals surface area (Å²) in [5.41, 5.74) is 3.25. The van der Waals surface area contributed by atoms with Crippen LogP contribution in [0.4, 0.5) is 0 Å². The summed E-state index contributed by atoms with van der Waals surface area (Å²) in [5, 5.41) is 0.777. The molecule has 1 aliphatic rings. The van der Waals surface area contributed by atoms with Crippen molar-refractivity contribution in [3.05, 3.63) is 65.2 Å². The number of ether oxygens (including phenoxy) is 1. The molecule has 2 heterocycles. The zero-order chi connectivity index (χ0) is 18.8. The van der Waals surface area contributed by atoms with Gasteiger partial charge in [-0.15, -0.1) is 0 Å². The normalized spacial score (nSPS) is 12.8. The average molecular weight is 364 g/mol. The van der Waals surface area contributed by atoms with Crippen molar-refractivity contribution in [1.82, 2.24) is 9.88 Å². The fourth-order valence-electron chi connectivity index (χ4n) is 3.48. The number of aromatic nitrogens is 1. The molecule has 6 nitrogen and oxygen atoms in total. The number of carbonyl (C=O) groups excluding carboxylic acids is 2. The molecule has 0 fully saturated rings. The molecule has 1 amide bonds. The number of hydrogen-bond donors (Lipinski definition) is 0. The van der Waals surface area contributed by atoms with Gasteiger partial charge in [-0.25, -0.2) is 4.79 Å². The third-order valence-electron chi connectivity index (χ3n) is 4.85. The van der Waals surface area contributed by atoms with Crippen molar-refractivity contribution < 1.29 is 18.7 Å². The molecular formula is C21H20N2O4. The van der Waals surface area contributed by atoms with Crippen LogP contribution in [0.3, 0.4) is 0 Å². The Kier molecular flexibility index (Phi) is 4.62. The van der Waals surface area contributed by atoms with Gasteiger partial charge in [-0.3, -0.25) is 9.78 Å². The number of hydrogen-bond acceptors (Lipinski definition) is 5. The van der Waals surface area contributed by atoms with E-state index in [0.29, 0.717) is 17.9 Å². The summed E-state index contributed by atoms with van der Waals surface area (Å²) in [4.78, 5) is 31.3. The van der Waals surface area contributed by atoms with E-state index in [9.17, 15) is 9.59 Å². The van der Waals surface area contributed by atoms with Crippen molar-refractivity contribution in [2.75, 3.05) is 13.7 Å². The van der Waals surface area contributed by atoms with Crippen molar-refractivity contribution in [3.63, 3.8) is 0 Å². The molecule has 27 heavy (non-hydrogen) atoms. The first kappa shape index (κ1) is 17.3. The molecule has 0 saturated carbocycles. The molecule has 0 bridgehead atoms. The van der Waals surface area contributed by atoms with Crippen LogP contribution in [0.2, 0.25) is 0 Å². The maximum Gasteiger partial charge on any atom is 0.339 e. The van der Waals surface area contributed by atoms with E-state index in [4.69, 9.17) is 9.15 Å². The Labute approximate surface area is 156 Å². The summed E-state index contributed by atoms with van der Waals surface area (Å²) >= 11 is 0. The van der Waals surface area contributed by atoms with Gasteiger partial charge >= 0.3 is 5.97 Å². The topological polar surface area (TPSA) is 72.6 Å². The first-order chi connectivity index (χ1) is 13.1. The molecule has 0 N–H and O–H groups in total. The first-order valence-electron chi connectivity index (χ1n) is 8.97. The predicted molar refractivity (Wildman–Crippen MR) is 99.2 cm³/mol.